The predicted octanol–water partition coefficient (Wildman–Crippen LogP) is 5.39. The SMILES string of the molecule is CCCC(c1ccc(OC)c2ccccc12)C(C)C. The highest BCUT2D eigenvalue weighted by Crippen LogP contribution is 2.37. The fraction of sp³-hybridized carbons (Fsp3) is 0.444. The molecule has 1 atom stereocenters. The molecular weight excluding hydrogens is 232 g/mol. The van der Waals surface area contributed by atoms with E-state index >= 15 is 0 Å². The van der Waals surface area contributed by atoms with E-state index in [9.17, 15) is 0 Å². The smallest absolute Gasteiger partial charge is 0.126 e. The third-order valence-corrected chi connectivity index (χ3v) is 3.94. The molecule has 1 heteroatoms. The van der Waals surface area contributed by atoms with Gasteiger partial charge in [0.1, 0.15) is 5.75 Å². The van der Waals surface area contributed by atoms with Crippen molar-refractivity contribution in [2.75, 3.05) is 7.11 Å². The normalized spacial score (nSPS) is 12.9. The summed E-state index contributed by atoms with van der Waals surface area (Å²) in [6.45, 7) is 6.90. The Bertz CT molecular complexity index is 542. The van der Waals surface area contributed by atoms with Gasteiger partial charge >= 0.3 is 0 Å². The highest BCUT2D eigenvalue weighted by Gasteiger charge is 2.18. The summed E-state index contributed by atoms with van der Waals surface area (Å²) < 4.78 is 5.48. The van der Waals surface area contributed by atoms with Gasteiger partial charge in [-0.05, 0) is 35.3 Å². The van der Waals surface area contributed by atoms with Crippen LogP contribution in [-0.4, -0.2) is 7.11 Å². The number of methoxy groups -OCH3 is 1. The second-order valence-electron chi connectivity index (χ2n) is 5.54. The number of hydrogen-bond acceptors (Lipinski definition) is 1. The first-order valence-corrected chi connectivity index (χ1v) is 7.24. The lowest BCUT2D eigenvalue weighted by atomic mass is 9.82. The summed E-state index contributed by atoms with van der Waals surface area (Å²) in [4.78, 5) is 0. The standard InChI is InChI=1S/C18H24O/c1-5-8-14(13(2)3)16-11-12-18(19-4)17-10-7-6-9-15(16)17/h6-7,9-14H,5,8H2,1-4H3. The Morgan fingerprint density at radius 1 is 1.00 bits per heavy atom. The van der Waals surface area contributed by atoms with Gasteiger partial charge in [0, 0.05) is 5.39 Å². The molecular formula is C18H24O. The molecule has 0 aliphatic heterocycles. The molecule has 0 N–H and O–H groups in total. The van der Waals surface area contributed by atoms with Crippen LogP contribution in [0.3, 0.4) is 0 Å². The van der Waals surface area contributed by atoms with Crippen molar-refractivity contribution in [2.45, 2.75) is 39.5 Å². The van der Waals surface area contributed by atoms with Crippen molar-refractivity contribution >= 4 is 10.8 Å². The quantitative estimate of drug-likeness (QED) is 0.697. The zero-order valence-electron chi connectivity index (χ0n) is 12.4. The summed E-state index contributed by atoms with van der Waals surface area (Å²) in [6, 6.07) is 12.9. The fourth-order valence-electron chi connectivity index (χ4n) is 2.96. The predicted molar refractivity (Wildman–Crippen MR) is 83.0 cm³/mol. The minimum Gasteiger partial charge on any atom is -0.496 e. The molecule has 0 bridgehead atoms. The molecule has 0 aliphatic rings. The van der Waals surface area contributed by atoms with E-state index in [0.717, 1.165) is 5.75 Å². The molecule has 0 radical (unpaired) electrons. The molecule has 2 aromatic rings. The molecule has 19 heavy (non-hydrogen) atoms. The molecule has 2 aromatic carbocycles. The average molecular weight is 256 g/mol. The third kappa shape index (κ3) is 2.75. The molecule has 0 spiro atoms. The Balaban J connectivity index is 2.60. The Labute approximate surface area is 116 Å². The average Bonchev–Trinajstić information content (AvgIpc) is 2.43. The summed E-state index contributed by atoms with van der Waals surface area (Å²) in [7, 11) is 1.74. The van der Waals surface area contributed by atoms with Gasteiger partial charge in [0.25, 0.3) is 0 Å². The van der Waals surface area contributed by atoms with Crippen molar-refractivity contribution < 1.29 is 4.74 Å². The van der Waals surface area contributed by atoms with Gasteiger partial charge in [-0.25, -0.2) is 0 Å². The molecule has 1 unspecified atom stereocenters. The summed E-state index contributed by atoms with van der Waals surface area (Å²) >= 11 is 0. The van der Waals surface area contributed by atoms with Gasteiger partial charge in [-0.15, -0.1) is 0 Å². The van der Waals surface area contributed by atoms with Crippen molar-refractivity contribution in [2.24, 2.45) is 5.92 Å². The van der Waals surface area contributed by atoms with Gasteiger partial charge < -0.3 is 4.74 Å². The number of hydrogen-bond donors (Lipinski definition) is 0. The Morgan fingerprint density at radius 3 is 2.26 bits per heavy atom. The maximum absolute atomic E-state index is 5.48. The molecule has 0 heterocycles. The van der Waals surface area contributed by atoms with Crippen LogP contribution in [0.2, 0.25) is 0 Å². The van der Waals surface area contributed by atoms with E-state index in [1.165, 1.54) is 29.2 Å². The van der Waals surface area contributed by atoms with Crippen LogP contribution in [0, 0.1) is 5.92 Å². The van der Waals surface area contributed by atoms with E-state index in [1.807, 2.05) is 0 Å². The van der Waals surface area contributed by atoms with Crippen LogP contribution in [0.5, 0.6) is 5.75 Å². The van der Waals surface area contributed by atoms with Crippen molar-refractivity contribution in [3.05, 3.63) is 42.0 Å². The van der Waals surface area contributed by atoms with Crippen LogP contribution in [-0.2, 0) is 0 Å². The van der Waals surface area contributed by atoms with Crippen molar-refractivity contribution in [1.82, 2.24) is 0 Å². The highest BCUT2D eigenvalue weighted by atomic mass is 16.5. The van der Waals surface area contributed by atoms with Crippen LogP contribution >= 0.6 is 0 Å². The molecule has 0 aromatic heterocycles. The van der Waals surface area contributed by atoms with Crippen molar-refractivity contribution in [1.29, 1.82) is 0 Å². The number of fused-ring (bicyclic) bond motifs is 1. The fourth-order valence-corrected chi connectivity index (χ4v) is 2.96. The zero-order valence-corrected chi connectivity index (χ0v) is 12.4. The molecule has 2 rings (SSSR count). The summed E-state index contributed by atoms with van der Waals surface area (Å²) in [5.41, 5.74) is 1.47. The molecule has 1 nitrogen and oxygen atoms in total. The second kappa shape index (κ2) is 6.10. The van der Waals surface area contributed by atoms with Gasteiger partial charge in [-0.2, -0.15) is 0 Å². The van der Waals surface area contributed by atoms with Crippen LogP contribution in [0.25, 0.3) is 10.8 Å². The lowest BCUT2D eigenvalue weighted by molar-refractivity contribution is 0.419. The first-order valence-electron chi connectivity index (χ1n) is 7.24. The first kappa shape index (κ1) is 13.9. The molecule has 0 aliphatic carbocycles. The van der Waals surface area contributed by atoms with Crippen molar-refractivity contribution in [3.8, 4) is 5.75 Å². The Hall–Kier alpha value is -1.50. The Kier molecular flexibility index (Phi) is 4.47. The summed E-state index contributed by atoms with van der Waals surface area (Å²) in [5.74, 6) is 2.26. The minimum absolute atomic E-state index is 0.626. The summed E-state index contributed by atoms with van der Waals surface area (Å²) in [5, 5.41) is 2.57. The zero-order chi connectivity index (χ0) is 13.8. The van der Waals surface area contributed by atoms with E-state index in [0.29, 0.717) is 11.8 Å². The van der Waals surface area contributed by atoms with Crippen molar-refractivity contribution in [3.63, 3.8) is 0 Å². The van der Waals surface area contributed by atoms with Gasteiger partial charge in [-0.3, -0.25) is 0 Å². The number of rotatable bonds is 5. The topological polar surface area (TPSA) is 9.23 Å². The largest absolute Gasteiger partial charge is 0.496 e. The summed E-state index contributed by atoms with van der Waals surface area (Å²) in [6.07, 6.45) is 2.47. The van der Waals surface area contributed by atoms with Gasteiger partial charge in [0.05, 0.1) is 7.11 Å². The highest BCUT2D eigenvalue weighted by molar-refractivity contribution is 5.91. The first-order chi connectivity index (χ1) is 9.19. The van der Waals surface area contributed by atoms with E-state index in [4.69, 9.17) is 4.74 Å². The van der Waals surface area contributed by atoms with Crippen LogP contribution < -0.4 is 4.74 Å². The monoisotopic (exact) mass is 256 g/mol. The van der Waals surface area contributed by atoms with E-state index in [2.05, 4.69) is 57.2 Å². The maximum atomic E-state index is 5.48. The molecule has 0 amide bonds. The van der Waals surface area contributed by atoms with Gasteiger partial charge in [-0.1, -0.05) is 57.5 Å². The third-order valence-electron chi connectivity index (χ3n) is 3.94. The number of benzene rings is 2. The van der Waals surface area contributed by atoms with E-state index < -0.39 is 0 Å². The van der Waals surface area contributed by atoms with Gasteiger partial charge in [0.15, 0.2) is 0 Å². The Morgan fingerprint density at radius 2 is 1.68 bits per heavy atom. The second-order valence-corrected chi connectivity index (χ2v) is 5.54. The van der Waals surface area contributed by atoms with Crippen LogP contribution in [0.4, 0.5) is 0 Å². The van der Waals surface area contributed by atoms with E-state index in [-0.39, 0.29) is 0 Å². The van der Waals surface area contributed by atoms with Crippen LogP contribution in [0.15, 0.2) is 36.4 Å². The van der Waals surface area contributed by atoms with Crippen LogP contribution in [0.1, 0.15) is 45.1 Å². The maximum Gasteiger partial charge on any atom is 0.126 e. The minimum atomic E-state index is 0.626. The number of ether oxygens (including phenoxy) is 1. The van der Waals surface area contributed by atoms with E-state index in [1.54, 1.807) is 7.11 Å². The molecule has 0 saturated heterocycles. The lowest BCUT2D eigenvalue weighted by Crippen LogP contribution is -2.07. The molecule has 0 saturated carbocycles. The molecule has 0 fully saturated rings. The lowest BCUT2D eigenvalue weighted by Gasteiger charge is -2.23. The molecule has 102 valence electrons. The van der Waals surface area contributed by atoms with Gasteiger partial charge in [0.2, 0.25) is 0 Å².